The van der Waals surface area contributed by atoms with Crippen LogP contribution in [0.1, 0.15) is 16.8 Å². The second-order valence-electron chi connectivity index (χ2n) is 7.66. The van der Waals surface area contributed by atoms with Crippen molar-refractivity contribution >= 4 is 10.9 Å². The first kappa shape index (κ1) is 20.6. The number of ether oxygens (including phenoxy) is 2. The van der Waals surface area contributed by atoms with Crippen LogP contribution in [-0.4, -0.2) is 59.3 Å². The third kappa shape index (κ3) is 4.12. The molecule has 4 rings (SSSR count). The van der Waals surface area contributed by atoms with Crippen LogP contribution in [0.25, 0.3) is 10.9 Å². The molecule has 3 aromatic rings. The van der Waals surface area contributed by atoms with Gasteiger partial charge in [0.05, 0.1) is 43.8 Å². The van der Waals surface area contributed by atoms with Gasteiger partial charge in [0.25, 0.3) is 11.1 Å². The molecule has 1 saturated heterocycles. The SMILES string of the molecule is COCCn1[nH]c2cc(=O)n(Cc3ccccc3CN3CCOCC3)c(C)c2c1=O. The van der Waals surface area contributed by atoms with Crippen LogP contribution in [0, 0.1) is 6.92 Å². The molecule has 30 heavy (non-hydrogen) atoms. The Morgan fingerprint density at radius 3 is 2.50 bits per heavy atom. The molecule has 8 heteroatoms. The summed E-state index contributed by atoms with van der Waals surface area (Å²) in [4.78, 5) is 28.1. The summed E-state index contributed by atoms with van der Waals surface area (Å²) in [6.07, 6.45) is 0. The fourth-order valence-electron chi connectivity index (χ4n) is 4.03. The van der Waals surface area contributed by atoms with Crippen molar-refractivity contribution in [3.8, 4) is 0 Å². The Morgan fingerprint density at radius 2 is 1.80 bits per heavy atom. The molecule has 160 valence electrons. The van der Waals surface area contributed by atoms with Crippen molar-refractivity contribution in [1.82, 2.24) is 19.2 Å². The van der Waals surface area contributed by atoms with E-state index >= 15 is 0 Å². The largest absolute Gasteiger partial charge is 0.383 e. The standard InChI is InChI=1S/C22H28N4O4/c1-16-21-19(23-26(22(21)28)9-10-29-2)13-20(27)25(16)15-18-6-4-3-5-17(18)14-24-7-11-30-12-8-24/h3-6,13,23H,7-12,14-15H2,1-2H3. The number of aromatic amines is 1. The van der Waals surface area contributed by atoms with Gasteiger partial charge in [0.1, 0.15) is 0 Å². The number of aromatic nitrogens is 3. The monoisotopic (exact) mass is 412 g/mol. The predicted molar refractivity (Wildman–Crippen MR) is 115 cm³/mol. The lowest BCUT2D eigenvalue weighted by molar-refractivity contribution is 0.0340. The smallest absolute Gasteiger partial charge is 0.276 e. The third-order valence-electron chi connectivity index (χ3n) is 5.75. The molecule has 0 bridgehead atoms. The van der Waals surface area contributed by atoms with Crippen LogP contribution in [0.4, 0.5) is 0 Å². The molecule has 2 aromatic heterocycles. The first-order chi connectivity index (χ1) is 14.6. The van der Waals surface area contributed by atoms with E-state index in [1.165, 1.54) is 16.3 Å². The summed E-state index contributed by atoms with van der Waals surface area (Å²) >= 11 is 0. The highest BCUT2D eigenvalue weighted by molar-refractivity contribution is 5.80. The second kappa shape index (κ2) is 8.99. The number of aryl methyl sites for hydroxylation is 1. The zero-order valence-electron chi connectivity index (χ0n) is 17.5. The van der Waals surface area contributed by atoms with E-state index in [2.05, 4.69) is 22.1 Å². The Morgan fingerprint density at radius 1 is 1.10 bits per heavy atom. The van der Waals surface area contributed by atoms with Crippen LogP contribution in [0.3, 0.4) is 0 Å². The Kier molecular flexibility index (Phi) is 6.17. The number of fused-ring (bicyclic) bond motifs is 1. The van der Waals surface area contributed by atoms with Gasteiger partial charge in [-0.1, -0.05) is 24.3 Å². The highest BCUT2D eigenvalue weighted by Gasteiger charge is 2.17. The molecular weight excluding hydrogens is 384 g/mol. The van der Waals surface area contributed by atoms with E-state index in [1.54, 1.807) is 11.7 Å². The van der Waals surface area contributed by atoms with Gasteiger partial charge >= 0.3 is 0 Å². The zero-order chi connectivity index (χ0) is 21.1. The van der Waals surface area contributed by atoms with Crippen LogP contribution < -0.4 is 11.1 Å². The maximum absolute atomic E-state index is 12.9. The summed E-state index contributed by atoms with van der Waals surface area (Å²) in [6, 6.07) is 9.69. The maximum Gasteiger partial charge on any atom is 0.276 e. The molecule has 1 N–H and O–H groups in total. The van der Waals surface area contributed by atoms with Gasteiger partial charge < -0.3 is 14.0 Å². The summed E-state index contributed by atoms with van der Waals surface area (Å²) in [7, 11) is 1.59. The van der Waals surface area contributed by atoms with Crippen molar-refractivity contribution in [2.45, 2.75) is 26.6 Å². The summed E-state index contributed by atoms with van der Waals surface area (Å²) in [5, 5.41) is 3.58. The Balaban J connectivity index is 1.68. The highest BCUT2D eigenvalue weighted by Crippen LogP contribution is 2.17. The Hall–Kier alpha value is -2.68. The number of hydrogen-bond acceptors (Lipinski definition) is 5. The minimum atomic E-state index is -0.130. The molecule has 1 aliphatic rings. The Labute approximate surface area is 174 Å². The summed E-state index contributed by atoms with van der Waals surface area (Å²) in [5.74, 6) is 0. The number of morpholine rings is 1. The average molecular weight is 412 g/mol. The van der Waals surface area contributed by atoms with Crippen molar-refractivity contribution < 1.29 is 9.47 Å². The van der Waals surface area contributed by atoms with E-state index in [4.69, 9.17) is 9.47 Å². The third-order valence-corrected chi connectivity index (χ3v) is 5.75. The zero-order valence-corrected chi connectivity index (χ0v) is 17.5. The predicted octanol–water partition coefficient (Wildman–Crippen LogP) is 1.33. The lowest BCUT2D eigenvalue weighted by Crippen LogP contribution is -2.36. The first-order valence-electron chi connectivity index (χ1n) is 10.3. The van der Waals surface area contributed by atoms with Gasteiger partial charge in [0, 0.05) is 38.5 Å². The van der Waals surface area contributed by atoms with Gasteiger partial charge in [0.15, 0.2) is 0 Å². The molecule has 0 atom stereocenters. The molecule has 1 aromatic carbocycles. The number of nitrogens with one attached hydrogen (secondary N) is 1. The minimum Gasteiger partial charge on any atom is -0.383 e. The first-order valence-corrected chi connectivity index (χ1v) is 10.3. The van der Waals surface area contributed by atoms with E-state index in [9.17, 15) is 9.59 Å². The van der Waals surface area contributed by atoms with Gasteiger partial charge in [-0.05, 0) is 18.1 Å². The van der Waals surface area contributed by atoms with E-state index in [-0.39, 0.29) is 11.1 Å². The van der Waals surface area contributed by atoms with Gasteiger partial charge in [-0.25, -0.2) is 4.68 Å². The van der Waals surface area contributed by atoms with Gasteiger partial charge in [-0.3, -0.25) is 19.6 Å². The lowest BCUT2D eigenvalue weighted by Gasteiger charge is -2.27. The van der Waals surface area contributed by atoms with Gasteiger partial charge in [0.2, 0.25) is 0 Å². The summed E-state index contributed by atoms with van der Waals surface area (Å²) in [6.45, 7) is 7.25. The number of pyridine rings is 1. The minimum absolute atomic E-state index is 0.124. The van der Waals surface area contributed by atoms with Crippen LogP contribution in [0.2, 0.25) is 0 Å². The van der Waals surface area contributed by atoms with Crippen LogP contribution >= 0.6 is 0 Å². The molecule has 0 unspecified atom stereocenters. The second-order valence-corrected chi connectivity index (χ2v) is 7.66. The van der Waals surface area contributed by atoms with Crippen LogP contribution in [0.15, 0.2) is 39.9 Å². The van der Waals surface area contributed by atoms with E-state index < -0.39 is 0 Å². The molecule has 1 fully saturated rings. The molecule has 0 amide bonds. The molecule has 0 saturated carbocycles. The molecule has 0 aliphatic carbocycles. The Bertz CT molecular complexity index is 1140. The normalized spacial score (nSPS) is 15.1. The van der Waals surface area contributed by atoms with Gasteiger partial charge in [-0.2, -0.15) is 0 Å². The summed E-state index contributed by atoms with van der Waals surface area (Å²) < 4.78 is 13.7. The van der Waals surface area contributed by atoms with Crippen molar-refractivity contribution in [1.29, 1.82) is 0 Å². The number of rotatable bonds is 7. The number of methoxy groups -OCH3 is 1. The van der Waals surface area contributed by atoms with E-state index in [0.29, 0.717) is 36.3 Å². The van der Waals surface area contributed by atoms with Crippen LogP contribution in [0.5, 0.6) is 0 Å². The molecule has 0 spiro atoms. The molecule has 1 aliphatic heterocycles. The number of nitrogens with zero attached hydrogens (tertiary/aromatic N) is 3. The summed E-state index contributed by atoms with van der Waals surface area (Å²) in [5.41, 5.74) is 3.27. The maximum atomic E-state index is 12.9. The topological polar surface area (TPSA) is 81.5 Å². The highest BCUT2D eigenvalue weighted by atomic mass is 16.5. The number of H-pyrrole nitrogens is 1. The average Bonchev–Trinajstić information content (AvgIpc) is 3.06. The molecule has 0 radical (unpaired) electrons. The van der Waals surface area contributed by atoms with Crippen molar-refractivity contribution in [3.05, 3.63) is 67.9 Å². The number of hydrogen-bond donors (Lipinski definition) is 1. The fourth-order valence-corrected chi connectivity index (χ4v) is 4.03. The fraction of sp³-hybridized carbons (Fsp3) is 0.455. The van der Waals surface area contributed by atoms with Crippen molar-refractivity contribution in [2.24, 2.45) is 0 Å². The van der Waals surface area contributed by atoms with Crippen molar-refractivity contribution in [2.75, 3.05) is 40.0 Å². The molecular formula is C22H28N4O4. The quantitative estimate of drug-likeness (QED) is 0.633. The molecule has 3 heterocycles. The van der Waals surface area contributed by atoms with Crippen LogP contribution in [-0.2, 0) is 29.1 Å². The lowest BCUT2D eigenvalue weighted by atomic mass is 10.1. The molecule has 8 nitrogen and oxygen atoms in total. The van der Waals surface area contributed by atoms with E-state index in [0.717, 1.165) is 38.4 Å². The van der Waals surface area contributed by atoms with Gasteiger partial charge in [-0.15, -0.1) is 0 Å². The van der Waals surface area contributed by atoms with E-state index in [1.807, 2.05) is 19.1 Å². The van der Waals surface area contributed by atoms with Crippen molar-refractivity contribution in [3.63, 3.8) is 0 Å². The number of benzene rings is 1.